The maximum absolute atomic E-state index is 12.4. The molecule has 2 N–H and O–H groups in total. The fraction of sp³-hybridized carbons (Fsp3) is 0.385. The molecule has 0 aromatic carbocycles. The van der Waals surface area contributed by atoms with Crippen LogP contribution in [-0.2, 0) is 12.7 Å². The van der Waals surface area contributed by atoms with Crippen molar-refractivity contribution in [1.82, 2.24) is 15.3 Å². The van der Waals surface area contributed by atoms with Gasteiger partial charge in [-0.2, -0.15) is 13.2 Å². The molecule has 2 aromatic rings. The van der Waals surface area contributed by atoms with E-state index < -0.39 is 11.7 Å². The van der Waals surface area contributed by atoms with Gasteiger partial charge in [-0.15, -0.1) is 11.3 Å². The van der Waals surface area contributed by atoms with Crippen LogP contribution in [0.3, 0.4) is 0 Å². The van der Waals surface area contributed by atoms with Crippen molar-refractivity contribution in [2.24, 2.45) is 0 Å². The summed E-state index contributed by atoms with van der Waals surface area (Å²) in [5.41, 5.74) is 0.125. The molecule has 0 fully saturated rings. The maximum Gasteiger partial charge on any atom is 0.417 e. The Bertz CT molecular complexity index is 566. The largest absolute Gasteiger partial charge is 0.417 e. The van der Waals surface area contributed by atoms with Crippen LogP contribution in [0.15, 0.2) is 23.7 Å². The van der Waals surface area contributed by atoms with Crippen molar-refractivity contribution in [2.75, 3.05) is 11.9 Å². The van der Waals surface area contributed by atoms with Crippen LogP contribution in [0.1, 0.15) is 24.6 Å². The lowest BCUT2D eigenvalue weighted by molar-refractivity contribution is -0.137. The van der Waals surface area contributed by atoms with Gasteiger partial charge in [0.25, 0.3) is 0 Å². The Morgan fingerprint density at radius 1 is 1.29 bits per heavy atom. The van der Waals surface area contributed by atoms with E-state index in [1.807, 2.05) is 5.38 Å². The predicted octanol–water partition coefficient (Wildman–Crippen LogP) is 3.80. The molecule has 8 heteroatoms. The number of nitrogens with one attached hydrogen (secondary N) is 2. The molecule has 0 bridgehead atoms. The zero-order chi connectivity index (χ0) is 15.3. The van der Waals surface area contributed by atoms with E-state index in [2.05, 4.69) is 27.5 Å². The average Bonchev–Trinajstić information content (AvgIpc) is 2.86. The third kappa shape index (κ3) is 4.68. The average molecular weight is 316 g/mol. The number of alkyl halides is 3. The van der Waals surface area contributed by atoms with Crippen molar-refractivity contribution in [3.05, 3.63) is 35.0 Å². The van der Waals surface area contributed by atoms with Crippen LogP contribution in [0.25, 0.3) is 0 Å². The predicted molar refractivity (Wildman–Crippen MR) is 76.6 cm³/mol. The van der Waals surface area contributed by atoms with Gasteiger partial charge in [-0.05, 0) is 25.1 Å². The Balaban J connectivity index is 1.95. The fourth-order valence-electron chi connectivity index (χ4n) is 1.58. The van der Waals surface area contributed by atoms with Gasteiger partial charge in [0, 0.05) is 18.1 Å². The van der Waals surface area contributed by atoms with Gasteiger partial charge in [0.2, 0.25) is 0 Å². The smallest absolute Gasteiger partial charge is 0.316 e. The van der Waals surface area contributed by atoms with Crippen molar-refractivity contribution in [2.45, 2.75) is 26.1 Å². The van der Waals surface area contributed by atoms with Crippen LogP contribution in [0.5, 0.6) is 0 Å². The molecular formula is C13H15F3N4S. The van der Waals surface area contributed by atoms with E-state index in [1.165, 1.54) is 17.4 Å². The Hall–Kier alpha value is -1.67. The molecule has 0 aliphatic heterocycles. The molecule has 114 valence electrons. The molecule has 0 radical (unpaired) electrons. The second kappa shape index (κ2) is 6.86. The molecule has 21 heavy (non-hydrogen) atoms. The Kier molecular flexibility index (Phi) is 5.13. The third-order valence-electron chi connectivity index (χ3n) is 2.61. The number of hydrogen-bond acceptors (Lipinski definition) is 5. The maximum atomic E-state index is 12.4. The molecule has 0 aliphatic rings. The van der Waals surface area contributed by atoms with Crippen molar-refractivity contribution < 1.29 is 13.2 Å². The highest BCUT2D eigenvalue weighted by atomic mass is 32.1. The standard InChI is InChI=1S/C13H15F3N4S/c1-2-5-17-7-10-8-21-12(19-10)20-11-4-3-9(6-18-11)13(14,15)16/h3-4,6,8,17H,2,5,7H2,1H3,(H,18,19,20). The number of pyridine rings is 1. The van der Waals surface area contributed by atoms with Crippen LogP contribution in [-0.4, -0.2) is 16.5 Å². The van der Waals surface area contributed by atoms with Crippen LogP contribution in [0.2, 0.25) is 0 Å². The summed E-state index contributed by atoms with van der Waals surface area (Å²) in [6, 6.07) is 2.28. The van der Waals surface area contributed by atoms with Crippen LogP contribution >= 0.6 is 11.3 Å². The Labute approximate surface area is 124 Å². The van der Waals surface area contributed by atoms with E-state index in [1.54, 1.807) is 0 Å². The highest BCUT2D eigenvalue weighted by Gasteiger charge is 2.30. The Morgan fingerprint density at radius 2 is 2.10 bits per heavy atom. The minimum absolute atomic E-state index is 0.338. The first kappa shape index (κ1) is 15.7. The molecule has 0 spiro atoms. The van der Waals surface area contributed by atoms with Gasteiger partial charge >= 0.3 is 6.18 Å². The lowest BCUT2D eigenvalue weighted by Crippen LogP contribution is -2.13. The lowest BCUT2D eigenvalue weighted by Gasteiger charge is -2.07. The summed E-state index contributed by atoms with van der Waals surface area (Å²) in [6.07, 6.45) is -2.52. The molecule has 0 aliphatic carbocycles. The van der Waals surface area contributed by atoms with Gasteiger partial charge in [-0.25, -0.2) is 9.97 Å². The lowest BCUT2D eigenvalue weighted by atomic mass is 10.3. The number of thiazole rings is 1. The zero-order valence-corrected chi connectivity index (χ0v) is 12.2. The van der Waals surface area contributed by atoms with Crippen molar-refractivity contribution in [3.63, 3.8) is 0 Å². The molecule has 0 saturated heterocycles. The molecule has 0 saturated carbocycles. The van der Waals surface area contributed by atoms with E-state index in [4.69, 9.17) is 0 Å². The number of hydrogen-bond donors (Lipinski definition) is 2. The molecule has 2 aromatic heterocycles. The minimum Gasteiger partial charge on any atom is -0.316 e. The number of anilines is 2. The topological polar surface area (TPSA) is 49.8 Å². The summed E-state index contributed by atoms with van der Waals surface area (Å²) >= 11 is 1.39. The molecule has 2 heterocycles. The zero-order valence-electron chi connectivity index (χ0n) is 11.4. The second-order valence-corrected chi connectivity index (χ2v) is 5.23. The van der Waals surface area contributed by atoms with E-state index in [0.29, 0.717) is 17.5 Å². The molecule has 2 rings (SSSR count). The summed E-state index contributed by atoms with van der Waals surface area (Å²) in [6.45, 7) is 3.67. The Morgan fingerprint density at radius 3 is 2.71 bits per heavy atom. The van der Waals surface area contributed by atoms with Gasteiger partial charge in [0.15, 0.2) is 5.13 Å². The van der Waals surface area contributed by atoms with Crippen LogP contribution in [0, 0.1) is 0 Å². The molecule has 0 unspecified atom stereocenters. The molecular weight excluding hydrogens is 301 g/mol. The fourth-order valence-corrected chi connectivity index (χ4v) is 2.30. The second-order valence-electron chi connectivity index (χ2n) is 4.38. The number of aromatic nitrogens is 2. The van der Waals surface area contributed by atoms with Crippen molar-refractivity contribution in [1.29, 1.82) is 0 Å². The normalized spacial score (nSPS) is 11.6. The monoisotopic (exact) mass is 316 g/mol. The third-order valence-corrected chi connectivity index (χ3v) is 3.42. The van der Waals surface area contributed by atoms with Gasteiger partial charge in [0.1, 0.15) is 5.82 Å². The van der Waals surface area contributed by atoms with E-state index in [0.717, 1.165) is 30.9 Å². The van der Waals surface area contributed by atoms with Gasteiger partial charge in [-0.3, -0.25) is 0 Å². The number of nitrogens with zero attached hydrogens (tertiary/aromatic N) is 2. The summed E-state index contributed by atoms with van der Waals surface area (Å²) in [5.74, 6) is 0.338. The highest BCUT2D eigenvalue weighted by Crippen LogP contribution is 2.29. The van der Waals surface area contributed by atoms with E-state index in [-0.39, 0.29) is 0 Å². The summed E-state index contributed by atoms with van der Waals surface area (Å²) in [7, 11) is 0. The van der Waals surface area contributed by atoms with E-state index >= 15 is 0 Å². The van der Waals surface area contributed by atoms with Gasteiger partial charge < -0.3 is 10.6 Å². The summed E-state index contributed by atoms with van der Waals surface area (Å²) in [5, 5.41) is 8.63. The SMILES string of the molecule is CCCNCc1csc(Nc2ccc(C(F)(F)F)cn2)n1. The quantitative estimate of drug-likeness (QED) is 0.796. The molecule has 4 nitrogen and oxygen atoms in total. The first-order chi connectivity index (χ1) is 9.99. The van der Waals surface area contributed by atoms with E-state index in [9.17, 15) is 13.2 Å². The summed E-state index contributed by atoms with van der Waals surface area (Å²) in [4.78, 5) is 8.08. The first-order valence-electron chi connectivity index (χ1n) is 6.44. The highest BCUT2D eigenvalue weighted by molar-refractivity contribution is 7.13. The van der Waals surface area contributed by atoms with Crippen LogP contribution < -0.4 is 10.6 Å². The number of halogens is 3. The van der Waals surface area contributed by atoms with Gasteiger partial charge in [0.05, 0.1) is 11.3 Å². The van der Waals surface area contributed by atoms with Gasteiger partial charge in [-0.1, -0.05) is 6.92 Å². The number of rotatable bonds is 6. The van der Waals surface area contributed by atoms with Crippen molar-refractivity contribution >= 4 is 22.3 Å². The first-order valence-corrected chi connectivity index (χ1v) is 7.32. The molecule has 0 amide bonds. The minimum atomic E-state index is -4.37. The van der Waals surface area contributed by atoms with Crippen LogP contribution in [0.4, 0.5) is 24.1 Å². The summed E-state index contributed by atoms with van der Waals surface area (Å²) < 4.78 is 37.3. The van der Waals surface area contributed by atoms with Crippen molar-refractivity contribution in [3.8, 4) is 0 Å². The molecule has 0 atom stereocenters.